The van der Waals surface area contributed by atoms with E-state index in [1.165, 1.54) is 5.69 Å². The highest BCUT2D eigenvalue weighted by atomic mass is 127. The van der Waals surface area contributed by atoms with Crippen molar-refractivity contribution >= 4 is 35.6 Å². The quantitative estimate of drug-likeness (QED) is 0.320. The van der Waals surface area contributed by atoms with Gasteiger partial charge in [-0.2, -0.15) is 0 Å². The highest BCUT2D eigenvalue weighted by Crippen LogP contribution is 2.25. The number of anilines is 1. The topological polar surface area (TPSA) is 67.4 Å². The first-order chi connectivity index (χ1) is 14.2. The van der Waals surface area contributed by atoms with Gasteiger partial charge in [-0.3, -0.25) is 4.99 Å². The molecule has 2 aliphatic rings. The van der Waals surface area contributed by atoms with Crippen molar-refractivity contribution < 1.29 is 14.2 Å². The Bertz CT molecular complexity index is 668. The van der Waals surface area contributed by atoms with E-state index in [0.29, 0.717) is 12.6 Å². The van der Waals surface area contributed by atoms with Crippen LogP contribution in [0.25, 0.3) is 0 Å². The molecule has 0 aromatic heterocycles. The summed E-state index contributed by atoms with van der Waals surface area (Å²) in [4.78, 5) is 7.29. The molecule has 2 saturated heterocycles. The normalized spacial score (nSPS) is 21.5. The molecule has 0 radical (unpaired) electrons. The van der Waals surface area contributed by atoms with E-state index >= 15 is 0 Å². The summed E-state index contributed by atoms with van der Waals surface area (Å²) in [7, 11) is 3.50. The molecule has 2 N–H and O–H groups in total. The number of nitrogens with zero attached hydrogens (tertiary/aromatic N) is 2. The van der Waals surface area contributed by atoms with Gasteiger partial charge in [-0.05, 0) is 31.9 Å². The van der Waals surface area contributed by atoms with Crippen molar-refractivity contribution in [3.8, 4) is 5.75 Å². The average Bonchev–Trinajstić information content (AvgIpc) is 2.78. The lowest BCUT2D eigenvalue weighted by Crippen LogP contribution is -2.52. The van der Waals surface area contributed by atoms with E-state index < -0.39 is 0 Å². The number of hydrogen-bond donors (Lipinski definition) is 2. The summed E-state index contributed by atoms with van der Waals surface area (Å²) in [5, 5.41) is 7.04. The molecular weight excluding hydrogens is 495 g/mol. The van der Waals surface area contributed by atoms with Crippen LogP contribution in [-0.4, -0.2) is 71.2 Å². The van der Waals surface area contributed by atoms with Crippen LogP contribution in [0.15, 0.2) is 29.3 Å². The lowest BCUT2D eigenvalue weighted by atomic mass is 9.94. The molecule has 2 aliphatic heterocycles. The van der Waals surface area contributed by atoms with Crippen molar-refractivity contribution in [3.63, 3.8) is 0 Å². The largest absolute Gasteiger partial charge is 0.497 e. The Kier molecular flexibility index (Phi) is 10.5. The molecule has 0 amide bonds. The third-order valence-electron chi connectivity index (χ3n) is 5.89. The van der Waals surface area contributed by atoms with Crippen LogP contribution >= 0.6 is 24.0 Å². The fourth-order valence-electron chi connectivity index (χ4n) is 4.04. The van der Waals surface area contributed by atoms with Crippen LogP contribution in [0.2, 0.25) is 0 Å². The third kappa shape index (κ3) is 6.88. The molecule has 170 valence electrons. The minimum Gasteiger partial charge on any atom is -0.497 e. The van der Waals surface area contributed by atoms with E-state index in [9.17, 15) is 0 Å². The zero-order chi connectivity index (χ0) is 20.5. The standard InChI is InChI=1S/C22H36N4O3.HI/c1-4-23-21(24-17-22(28-3)10-13-29-14-11-22)25-18-7-6-12-26(16-18)19-8-5-9-20(15-19)27-2;/h5,8-9,15,18H,4,6-7,10-14,16-17H2,1-3H3,(H2,23,24,25);1H. The van der Waals surface area contributed by atoms with E-state index in [1.54, 1.807) is 14.2 Å². The summed E-state index contributed by atoms with van der Waals surface area (Å²) < 4.78 is 16.7. The second-order valence-electron chi connectivity index (χ2n) is 7.83. The SMILES string of the molecule is CCNC(=NCC1(OC)CCOCC1)NC1CCCN(c2cccc(OC)c2)C1.I. The summed E-state index contributed by atoms with van der Waals surface area (Å²) in [5.41, 5.74) is 0.998. The molecule has 3 rings (SSSR count). The van der Waals surface area contributed by atoms with E-state index in [1.807, 2.05) is 6.07 Å². The van der Waals surface area contributed by atoms with Crippen molar-refractivity contribution in [1.82, 2.24) is 10.6 Å². The Labute approximate surface area is 197 Å². The molecule has 0 saturated carbocycles. The van der Waals surface area contributed by atoms with Crippen molar-refractivity contribution in [3.05, 3.63) is 24.3 Å². The minimum atomic E-state index is -0.209. The van der Waals surface area contributed by atoms with Crippen LogP contribution in [0.3, 0.4) is 0 Å². The first-order valence-electron chi connectivity index (χ1n) is 10.7. The smallest absolute Gasteiger partial charge is 0.191 e. The van der Waals surface area contributed by atoms with Gasteiger partial charge in [-0.15, -0.1) is 24.0 Å². The number of halogens is 1. The van der Waals surface area contributed by atoms with Gasteiger partial charge in [0.2, 0.25) is 0 Å². The van der Waals surface area contributed by atoms with E-state index in [-0.39, 0.29) is 29.6 Å². The molecule has 7 nitrogen and oxygen atoms in total. The maximum atomic E-state index is 5.83. The number of aliphatic imine (C=N–C) groups is 1. The fraction of sp³-hybridized carbons (Fsp3) is 0.682. The Morgan fingerprint density at radius 2 is 2.10 bits per heavy atom. The van der Waals surface area contributed by atoms with Crippen LogP contribution in [0.1, 0.15) is 32.6 Å². The van der Waals surface area contributed by atoms with Crippen LogP contribution < -0.4 is 20.3 Å². The first kappa shape index (κ1) is 25.0. The Morgan fingerprint density at radius 3 is 2.80 bits per heavy atom. The second-order valence-corrected chi connectivity index (χ2v) is 7.83. The Balaban J connectivity index is 0.00000320. The molecule has 1 unspecified atom stereocenters. The maximum Gasteiger partial charge on any atom is 0.191 e. The van der Waals surface area contributed by atoms with Gasteiger partial charge in [0, 0.05) is 70.6 Å². The van der Waals surface area contributed by atoms with E-state index in [4.69, 9.17) is 19.2 Å². The summed E-state index contributed by atoms with van der Waals surface area (Å²) >= 11 is 0. The van der Waals surface area contributed by atoms with Crippen LogP contribution in [0.4, 0.5) is 5.69 Å². The number of rotatable bonds is 7. The third-order valence-corrected chi connectivity index (χ3v) is 5.89. The van der Waals surface area contributed by atoms with Gasteiger partial charge in [0.15, 0.2) is 5.96 Å². The molecule has 1 aromatic rings. The first-order valence-corrected chi connectivity index (χ1v) is 10.7. The number of piperidine rings is 1. The van der Waals surface area contributed by atoms with Crippen molar-refractivity contribution in [2.45, 2.75) is 44.2 Å². The van der Waals surface area contributed by atoms with Gasteiger partial charge in [0.1, 0.15) is 5.75 Å². The number of ether oxygens (including phenoxy) is 3. The summed E-state index contributed by atoms with van der Waals surface area (Å²) in [5.74, 6) is 1.77. The predicted molar refractivity (Wildman–Crippen MR) is 133 cm³/mol. The molecule has 30 heavy (non-hydrogen) atoms. The van der Waals surface area contributed by atoms with Gasteiger partial charge < -0.3 is 29.7 Å². The van der Waals surface area contributed by atoms with Crippen LogP contribution in [0.5, 0.6) is 5.75 Å². The number of hydrogen-bond acceptors (Lipinski definition) is 5. The maximum absolute atomic E-state index is 5.83. The van der Waals surface area contributed by atoms with Crippen LogP contribution in [-0.2, 0) is 9.47 Å². The number of benzene rings is 1. The summed E-state index contributed by atoms with van der Waals surface area (Å²) in [6, 6.07) is 8.64. The fourth-order valence-corrected chi connectivity index (χ4v) is 4.04. The van der Waals surface area contributed by atoms with E-state index in [0.717, 1.165) is 70.2 Å². The second kappa shape index (κ2) is 12.6. The summed E-state index contributed by atoms with van der Waals surface area (Å²) in [6.45, 7) is 7.07. The molecule has 0 bridgehead atoms. The van der Waals surface area contributed by atoms with Crippen molar-refractivity contribution in [2.75, 3.05) is 58.5 Å². The number of methoxy groups -OCH3 is 2. The molecule has 1 atom stereocenters. The van der Waals surface area contributed by atoms with Gasteiger partial charge >= 0.3 is 0 Å². The van der Waals surface area contributed by atoms with Crippen LogP contribution in [0, 0.1) is 0 Å². The van der Waals surface area contributed by atoms with Gasteiger partial charge in [0.05, 0.1) is 19.3 Å². The highest BCUT2D eigenvalue weighted by Gasteiger charge is 2.32. The highest BCUT2D eigenvalue weighted by molar-refractivity contribution is 14.0. The molecule has 2 fully saturated rings. The van der Waals surface area contributed by atoms with E-state index in [2.05, 4.69) is 40.7 Å². The lowest BCUT2D eigenvalue weighted by molar-refractivity contribution is -0.0828. The summed E-state index contributed by atoms with van der Waals surface area (Å²) in [6.07, 6.45) is 4.06. The average molecular weight is 532 g/mol. The van der Waals surface area contributed by atoms with Crippen molar-refractivity contribution in [2.24, 2.45) is 4.99 Å². The molecular formula is C22H37IN4O3. The zero-order valence-electron chi connectivity index (χ0n) is 18.5. The van der Waals surface area contributed by atoms with Crippen molar-refractivity contribution in [1.29, 1.82) is 0 Å². The monoisotopic (exact) mass is 532 g/mol. The molecule has 0 aliphatic carbocycles. The Morgan fingerprint density at radius 1 is 1.30 bits per heavy atom. The molecule has 1 aromatic carbocycles. The van der Waals surface area contributed by atoms with Gasteiger partial charge in [0.25, 0.3) is 0 Å². The van der Waals surface area contributed by atoms with Gasteiger partial charge in [-0.1, -0.05) is 6.07 Å². The number of guanidine groups is 1. The number of nitrogens with one attached hydrogen (secondary N) is 2. The minimum absolute atomic E-state index is 0. The molecule has 0 spiro atoms. The Hall–Kier alpha value is -1.26. The zero-order valence-corrected chi connectivity index (χ0v) is 20.8. The predicted octanol–water partition coefficient (Wildman–Crippen LogP) is 3.03. The van der Waals surface area contributed by atoms with Gasteiger partial charge in [-0.25, -0.2) is 0 Å². The lowest BCUT2D eigenvalue weighted by Gasteiger charge is -2.36. The molecule has 8 heteroatoms. The molecule has 2 heterocycles.